The van der Waals surface area contributed by atoms with Gasteiger partial charge in [-0.2, -0.15) is 0 Å². The Balaban J connectivity index is 2.17. The molecule has 1 heterocycles. The molecule has 0 bridgehead atoms. The standard InChI is InChI=1S/C15H21NO4/c1-15(2,14(17)18)9-11(16)10-4-5-12-13(8-10)20-7-3-6-19-12/h4-5,8,11H,3,6-7,9,16H2,1-2H3,(H,17,18). The van der Waals surface area contributed by atoms with Gasteiger partial charge in [0.15, 0.2) is 11.5 Å². The summed E-state index contributed by atoms with van der Waals surface area (Å²) >= 11 is 0. The van der Waals surface area contributed by atoms with Gasteiger partial charge in [0.2, 0.25) is 0 Å². The van der Waals surface area contributed by atoms with Crippen LogP contribution < -0.4 is 15.2 Å². The Morgan fingerprint density at radius 3 is 2.65 bits per heavy atom. The summed E-state index contributed by atoms with van der Waals surface area (Å²) in [7, 11) is 0. The Labute approximate surface area is 118 Å². The molecular weight excluding hydrogens is 258 g/mol. The molecule has 1 unspecified atom stereocenters. The number of rotatable bonds is 4. The molecule has 0 radical (unpaired) electrons. The van der Waals surface area contributed by atoms with Gasteiger partial charge in [0.1, 0.15) is 0 Å². The first-order valence-corrected chi connectivity index (χ1v) is 6.79. The van der Waals surface area contributed by atoms with Crippen molar-refractivity contribution in [3.05, 3.63) is 23.8 Å². The van der Waals surface area contributed by atoms with Crippen LogP contribution in [-0.2, 0) is 4.79 Å². The molecule has 0 saturated heterocycles. The van der Waals surface area contributed by atoms with Crippen LogP contribution in [0.3, 0.4) is 0 Å². The van der Waals surface area contributed by atoms with Gasteiger partial charge in [0, 0.05) is 12.5 Å². The molecule has 0 aliphatic carbocycles. The van der Waals surface area contributed by atoms with Crippen LogP contribution in [0, 0.1) is 5.41 Å². The molecule has 5 heteroatoms. The predicted octanol–water partition coefficient (Wildman–Crippen LogP) is 2.35. The third kappa shape index (κ3) is 3.22. The lowest BCUT2D eigenvalue weighted by atomic mass is 9.84. The van der Waals surface area contributed by atoms with Gasteiger partial charge in [-0.25, -0.2) is 0 Å². The summed E-state index contributed by atoms with van der Waals surface area (Å²) in [6.07, 6.45) is 1.21. The summed E-state index contributed by atoms with van der Waals surface area (Å²) in [6, 6.07) is 5.21. The topological polar surface area (TPSA) is 81.8 Å². The monoisotopic (exact) mass is 279 g/mol. The van der Waals surface area contributed by atoms with E-state index in [4.69, 9.17) is 20.3 Å². The Morgan fingerprint density at radius 1 is 1.35 bits per heavy atom. The number of carboxylic acids is 1. The summed E-state index contributed by atoms with van der Waals surface area (Å²) in [5.41, 5.74) is 6.14. The van der Waals surface area contributed by atoms with E-state index in [-0.39, 0.29) is 6.04 Å². The molecule has 3 N–H and O–H groups in total. The van der Waals surface area contributed by atoms with Gasteiger partial charge >= 0.3 is 5.97 Å². The molecule has 5 nitrogen and oxygen atoms in total. The van der Waals surface area contributed by atoms with Crippen LogP contribution >= 0.6 is 0 Å². The van der Waals surface area contributed by atoms with Crippen molar-refractivity contribution in [2.45, 2.75) is 32.7 Å². The van der Waals surface area contributed by atoms with Crippen molar-refractivity contribution in [3.8, 4) is 11.5 Å². The highest BCUT2D eigenvalue weighted by Gasteiger charge is 2.30. The van der Waals surface area contributed by atoms with E-state index in [1.807, 2.05) is 18.2 Å². The quantitative estimate of drug-likeness (QED) is 0.884. The third-order valence-electron chi connectivity index (χ3n) is 3.51. The molecule has 1 aliphatic rings. The highest BCUT2D eigenvalue weighted by molar-refractivity contribution is 5.73. The van der Waals surface area contributed by atoms with Crippen molar-refractivity contribution in [2.75, 3.05) is 13.2 Å². The highest BCUT2D eigenvalue weighted by atomic mass is 16.5. The number of fused-ring (bicyclic) bond motifs is 1. The van der Waals surface area contributed by atoms with Crippen LogP contribution in [0.2, 0.25) is 0 Å². The number of carboxylic acid groups (broad SMARTS) is 1. The molecule has 0 aromatic heterocycles. The van der Waals surface area contributed by atoms with E-state index < -0.39 is 11.4 Å². The molecule has 0 spiro atoms. The number of ether oxygens (including phenoxy) is 2. The van der Waals surface area contributed by atoms with Crippen LogP contribution in [0.1, 0.15) is 38.3 Å². The normalized spacial score (nSPS) is 16.4. The Morgan fingerprint density at radius 2 is 2.00 bits per heavy atom. The van der Waals surface area contributed by atoms with E-state index in [0.29, 0.717) is 25.4 Å². The lowest BCUT2D eigenvalue weighted by Crippen LogP contribution is -2.28. The Bertz CT molecular complexity index is 499. The van der Waals surface area contributed by atoms with Crippen molar-refractivity contribution in [1.29, 1.82) is 0 Å². The van der Waals surface area contributed by atoms with E-state index >= 15 is 0 Å². The minimum Gasteiger partial charge on any atom is -0.490 e. The van der Waals surface area contributed by atoms with Crippen LogP contribution in [0.4, 0.5) is 0 Å². The molecule has 0 saturated carbocycles. The second-order valence-corrected chi connectivity index (χ2v) is 5.76. The molecule has 1 aromatic carbocycles. The van der Waals surface area contributed by atoms with Gasteiger partial charge in [-0.15, -0.1) is 0 Å². The lowest BCUT2D eigenvalue weighted by molar-refractivity contribution is -0.147. The number of carbonyl (C=O) groups is 1. The number of hydrogen-bond donors (Lipinski definition) is 2. The maximum Gasteiger partial charge on any atom is 0.309 e. The molecule has 110 valence electrons. The van der Waals surface area contributed by atoms with E-state index in [1.165, 1.54) is 0 Å². The van der Waals surface area contributed by atoms with Crippen molar-refractivity contribution in [1.82, 2.24) is 0 Å². The Hall–Kier alpha value is -1.75. The average molecular weight is 279 g/mol. The number of aliphatic carboxylic acids is 1. The minimum absolute atomic E-state index is 0.349. The first-order valence-electron chi connectivity index (χ1n) is 6.79. The maximum absolute atomic E-state index is 11.2. The molecule has 1 atom stereocenters. The number of hydrogen-bond acceptors (Lipinski definition) is 4. The molecule has 20 heavy (non-hydrogen) atoms. The second kappa shape index (κ2) is 5.71. The van der Waals surface area contributed by atoms with Crippen molar-refractivity contribution in [2.24, 2.45) is 11.1 Å². The van der Waals surface area contributed by atoms with Crippen LogP contribution in [0.15, 0.2) is 18.2 Å². The molecule has 2 rings (SSSR count). The fraction of sp³-hybridized carbons (Fsp3) is 0.533. The van der Waals surface area contributed by atoms with Crippen LogP contribution in [0.25, 0.3) is 0 Å². The van der Waals surface area contributed by atoms with Crippen molar-refractivity contribution >= 4 is 5.97 Å². The van der Waals surface area contributed by atoms with Crippen molar-refractivity contribution < 1.29 is 19.4 Å². The van der Waals surface area contributed by atoms with Gasteiger partial charge in [-0.05, 0) is 38.0 Å². The zero-order valence-corrected chi connectivity index (χ0v) is 11.9. The van der Waals surface area contributed by atoms with Gasteiger partial charge in [-0.1, -0.05) is 6.07 Å². The molecular formula is C15H21NO4. The summed E-state index contributed by atoms with van der Waals surface area (Å²) in [4.78, 5) is 11.2. The zero-order valence-electron chi connectivity index (χ0n) is 11.9. The fourth-order valence-electron chi connectivity index (χ4n) is 2.17. The van der Waals surface area contributed by atoms with Gasteiger partial charge in [-0.3, -0.25) is 4.79 Å². The van der Waals surface area contributed by atoms with Crippen LogP contribution in [-0.4, -0.2) is 24.3 Å². The van der Waals surface area contributed by atoms with Gasteiger partial charge < -0.3 is 20.3 Å². The first-order chi connectivity index (χ1) is 9.40. The molecule has 1 aliphatic heterocycles. The largest absolute Gasteiger partial charge is 0.490 e. The lowest BCUT2D eigenvalue weighted by Gasteiger charge is -2.24. The van der Waals surface area contributed by atoms with E-state index in [1.54, 1.807) is 13.8 Å². The number of nitrogens with two attached hydrogens (primary N) is 1. The van der Waals surface area contributed by atoms with E-state index in [9.17, 15) is 4.79 Å². The summed E-state index contributed by atoms with van der Waals surface area (Å²) in [6.45, 7) is 4.62. The Kier molecular flexibility index (Phi) is 4.18. The molecule has 0 amide bonds. The van der Waals surface area contributed by atoms with Crippen molar-refractivity contribution in [3.63, 3.8) is 0 Å². The summed E-state index contributed by atoms with van der Waals surface area (Å²) in [5, 5.41) is 9.17. The maximum atomic E-state index is 11.2. The van der Waals surface area contributed by atoms with E-state index in [0.717, 1.165) is 17.7 Å². The SMILES string of the molecule is CC(C)(CC(N)c1ccc2c(c1)OCCCO2)C(=O)O. The predicted molar refractivity (Wildman–Crippen MR) is 75.0 cm³/mol. The first kappa shape index (κ1) is 14.7. The second-order valence-electron chi connectivity index (χ2n) is 5.76. The zero-order chi connectivity index (χ0) is 14.8. The smallest absolute Gasteiger partial charge is 0.309 e. The van der Waals surface area contributed by atoms with Gasteiger partial charge in [0.25, 0.3) is 0 Å². The fourth-order valence-corrected chi connectivity index (χ4v) is 2.17. The highest BCUT2D eigenvalue weighted by Crippen LogP contribution is 2.35. The molecule has 1 aromatic rings. The minimum atomic E-state index is -0.858. The number of benzene rings is 1. The third-order valence-corrected chi connectivity index (χ3v) is 3.51. The molecule has 0 fully saturated rings. The van der Waals surface area contributed by atoms with E-state index in [2.05, 4.69) is 0 Å². The van der Waals surface area contributed by atoms with Crippen LogP contribution in [0.5, 0.6) is 11.5 Å². The summed E-state index contributed by atoms with van der Waals surface area (Å²) < 4.78 is 11.2. The van der Waals surface area contributed by atoms with Gasteiger partial charge in [0.05, 0.1) is 18.6 Å². The summed E-state index contributed by atoms with van der Waals surface area (Å²) in [5.74, 6) is 0.557. The average Bonchev–Trinajstić information content (AvgIpc) is 2.62.